The van der Waals surface area contributed by atoms with Crippen LogP contribution in [0.4, 0.5) is 5.82 Å². The van der Waals surface area contributed by atoms with Gasteiger partial charge in [0.1, 0.15) is 5.82 Å². The number of para-hydroxylation sites is 1. The zero-order valence-electron chi connectivity index (χ0n) is 8.95. The summed E-state index contributed by atoms with van der Waals surface area (Å²) in [6, 6.07) is 8.10. The Kier molecular flexibility index (Phi) is 2.56. The molecule has 0 aliphatic heterocycles. The van der Waals surface area contributed by atoms with Crippen molar-refractivity contribution in [3.05, 3.63) is 35.4 Å². The normalized spacial score (nSPS) is 10.8. The minimum atomic E-state index is 0.562. The number of fused-ring (bicyclic) bond motifs is 1. The molecule has 0 atom stereocenters. The first-order chi connectivity index (χ1) is 7.22. The molecule has 3 nitrogen and oxygen atoms in total. The number of hydrogen-bond acceptors (Lipinski definition) is 3. The molecule has 15 heavy (non-hydrogen) atoms. The smallest absolute Gasteiger partial charge is 0.127 e. The number of nitrogens with two attached hydrogens (primary N) is 1. The van der Waals surface area contributed by atoms with Crippen molar-refractivity contribution in [1.82, 2.24) is 4.98 Å². The number of aromatic nitrogens is 1. The van der Waals surface area contributed by atoms with Gasteiger partial charge in [0.25, 0.3) is 0 Å². The van der Waals surface area contributed by atoms with Crippen LogP contribution in [0.15, 0.2) is 24.3 Å². The second-order valence-electron chi connectivity index (χ2n) is 3.61. The molecule has 0 saturated heterocycles. The minimum Gasteiger partial charge on any atom is -0.383 e. The summed E-state index contributed by atoms with van der Waals surface area (Å²) in [6.45, 7) is 2.53. The number of aryl methyl sites for hydroxylation is 1. The van der Waals surface area contributed by atoms with Crippen LogP contribution in [-0.2, 0) is 11.3 Å². The Morgan fingerprint density at radius 1 is 1.40 bits per heavy atom. The molecule has 0 radical (unpaired) electrons. The first-order valence-corrected chi connectivity index (χ1v) is 4.86. The highest BCUT2D eigenvalue weighted by atomic mass is 16.5. The van der Waals surface area contributed by atoms with Gasteiger partial charge in [0.15, 0.2) is 0 Å². The van der Waals surface area contributed by atoms with Gasteiger partial charge in [0, 0.05) is 18.1 Å². The predicted octanol–water partition coefficient (Wildman–Crippen LogP) is 2.27. The average molecular weight is 202 g/mol. The molecule has 0 aliphatic rings. The third-order valence-corrected chi connectivity index (χ3v) is 2.46. The summed E-state index contributed by atoms with van der Waals surface area (Å²) < 4.78 is 5.13. The van der Waals surface area contributed by atoms with Crippen molar-refractivity contribution in [2.75, 3.05) is 12.8 Å². The van der Waals surface area contributed by atoms with Crippen LogP contribution < -0.4 is 5.73 Å². The number of anilines is 1. The van der Waals surface area contributed by atoms with Crippen molar-refractivity contribution in [1.29, 1.82) is 0 Å². The highest BCUT2D eigenvalue weighted by Gasteiger charge is 2.04. The Hall–Kier alpha value is -1.61. The van der Waals surface area contributed by atoms with E-state index in [1.54, 1.807) is 7.11 Å². The molecule has 1 aromatic carbocycles. The predicted molar refractivity (Wildman–Crippen MR) is 61.6 cm³/mol. The lowest BCUT2D eigenvalue weighted by atomic mass is 10.1. The minimum absolute atomic E-state index is 0.562. The van der Waals surface area contributed by atoms with Gasteiger partial charge in [-0.3, -0.25) is 0 Å². The van der Waals surface area contributed by atoms with Crippen LogP contribution in [0, 0.1) is 6.92 Å². The maximum Gasteiger partial charge on any atom is 0.127 e. The van der Waals surface area contributed by atoms with Crippen molar-refractivity contribution in [3.63, 3.8) is 0 Å². The largest absolute Gasteiger partial charge is 0.383 e. The SMILES string of the molecule is COCc1cccc2cc(C)c(N)nc12. The van der Waals surface area contributed by atoms with E-state index in [4.69, 9.17) is 10.5 Å². The molecule has 2 aromatic rings. The van der Waals surface area contributed by atoms with Gasteiger partial charge in [0.05, 0.1) is 12.1 Å². The van der Waals surface area contributed by atoms with Crippen LogP contribution in [0.1, 0.15) is 11.1 Å². The number of benzene rings is 1. The summed E-state index contributed by atoms with van der Waals surface area (Å²) >= 11 is 0. The Labute approximate surface area is 88.9 Å². The fourth-order valence-corrected chi connectivity index (χ4v) is 1.65. The maximum atomic E-state index is 5.80. The summed E-state index contributed by atoms with van der Waals surface area (Å²) in [7, 11) is 1.68. The number of pyridine rings is 1. The van der Waals surface area contributed by atoms with Crippen molar-refractivity contribution in [2.24, 2.45) is 0 Å². The van der Waals surface area contributed by atoms with E-state index in [1.165, 1.54) is 0 Å². The summed E-state index contributed by atoms with van der Waals surface area (Å²) in [5.41, 5.74) is 8.81. The number of nitrogens with zero attached hydrogens (tertiary/aromatic N) is 1. The van der Waals surface area contributed by atoms with E-state index in [9.17, 15) is 0 Å². The molecule has 78 valence electrons. The zero-order valence-corrected chi connectivity index (χ0v) is 8.95. The summed E-state index contributed by atoms with van der Waals surface area (Å²) in [5.74, 6) is 0.589. The summed E-state index contributed by atoms with van der Waals surface area (Å²) in [5, 5.41) is 1.11. The quantitative estimate of drug-likeness (QED) is 0.812. The zero-order chi connectivity index (χ0) is 10.8. The first kappa shape index (κ1) is 9.93. The fraction of sp³-hybridized carbons (Fsp3) is 0.250. The van der Waals surface area contributed by atoms with Gasteiger partial charge in [-0.1, -0.05) is 18.2 Å². The van der Waals surface area contributed by atoms with Crippen LogP contribution in [0.2, 0.25) is 0 Å². The Morgan fingerprint density at radius 3 is 2.93 bits per heavy atom. The molecule has 0 fully saturated rings. The number of nitrogen functional groups attached to an aromatic ring is 1. The third-order valence-electron chi connectivity index (χ3n) is 2.46. The van der Waals surface area contributed by atoms with Gasteiger partial charge >= 0.3 is 0 Å². The van der Waals surface area contributed by atoms with Crippen LogP contribution in [-0.4, -0.2) is 12.1 Å². The van der Waals surface area contributed by atoms with Gasteiger partial charge in [-0.2, -0.15) is 0 Å². The number of ether oxygens (including phenoxy) is 1. The lowest BCUT2D eigenvalue weighted by Crippen LogP contribution is -1.97. The van der Waals surface area contributed by atoms with Gasteiger partial charge in [0.2, 0.25) is 0 Å². The number of rotatable bonds is 2. The van der Waals surface area contributed by atoms with E-state index in [-0.39, 0.29) is 0 Å². The summed E-state index contributed by atoms with van der Waals surface area (Å²) in [4.78, 5) is 4.39. The second kappa shape index (κ2) is 3.87. The Balaban J connectivity index is 2.68. The molecule has 3 heteroatoms. The molecule has 0 saturated carbocycles. The second-order valence-corrected chi connectivity index (χ2v) is 3.61. The molecule has 1 aromatic heterocycles. The lowest BCUT2D eigenvalue weighted by Gasteiger charge is -2.07. The average Bonchev–Trinajstić information content (AvgIpc) is 2.21. The van der Waals surface area contributed by atoms with Crippen LogP contribution in [0.25, 0.3) is 10.9 Å². The molecule has 2 N–H and O–H groups in total. The van der Waals surface area contributed by atoms with Crippen LogP contribution >= 0.6 is 0 Å². The highest BCUT2D eigenvalue weighted by Crippen LogP contribution is 2.21. The van der Waals surface area contributed by atoms with Gasteiger partial charge < -0.3 is 10.5 Å². The highest BCUT2D eigenvalue weighted by molar-refractivity contribution is 5.84. The molecule has 0 spiro atoms. The van der Waals surface area contributed by atoms with E-state index in [0.717, 1.165) is 22.0 Å². The maximum absolute atomic E-state index is 5.80. The fourth-order valence-electron chi connectivity index (χ4n) is 1.65. The van der Waals surface area contributed by atoms with Gasteiger partial charge in [-0.05, 0) is 18.6 Å². The molecule has 0 bridgehead atoms. The molecule has 0 unspecified atom stereocenters. The molecular formula is C12H14N2O. The van der Waals surface area contributed by atoms with Gasteiger partial charge in [-0.25, -0.2) is 4.98 Å². The van der Waals surface area contributed by atoms with Crippen molar-refractivity contribution >= 4 is 16.7 Å². The van der Waals surface area contributed by atoms with Crippen molar-refractivity contribution in [2.45, 2.75) is 13.5 Å². The summed E-state index contributed by atoms with van der Waals surface area (Å²) in [6.07, 6.45) is 0. The van der Waals surface area contributed by atoms with Crippen LogP contribution in [0.5, 0.6) is 0 Å². The lowest BCUT2D eigenvalue weighted by molar-refractivity contribution is 0.186. The van der Waals surface area contributed by atoms with E-state index >= 15 is 0 Å². The van der Waals surface area contributed by atoms with Crippen LogP contribution in [0.3, 0.4) is 0 Å². The monoisotopic (exact) mass is 202 g/mol. The molecular weight excluding hydrogens is 188 g/mol. The first-order valence-electron chi connectivity index (χ1n) is 4.86. The van der Waals surface area contributed by atoms with E-state index in [0.29, 0.717) is 12.4 Å². The molecule has 1 heterocycles. The Bertz CT molecular complexity index is 494. The molecule has 2 rings (SSSR count). The standard InChI is InChI=1S/C12H14N2O/c1-8-6-9-4-3-5-10(7-15-2)11(9)14-12(8)13/h3-6H,7H2,1-2H3,(H2,13,14). The van der Waals surface area contributed by atoms with E-state index in [2.05, 4.69) is 11.1 Å². The topological polar surface area (TPSA) is 48.1 Å². The molecule has 0 aliphatic carbocycles. The van der Waals surface area contributed by atoms with E-state index in [1.807, 2.05) is 25.1 Å². The van der Waals surface area contributed by atoms with E-state index < -0.39 is 0 Å². The number of methoxy groups -OCH3 is 1. The number of hydrogen-bond donors (Lipinski definition) is 1. The molecule has 0 amide bonds. The Morgan fingerprint density at radius 2 is 2.20 bits per heavy atom. The van der Waals surface area contributed by atoms with Gasteiger partial charge in [-0.15, -0.1) is 0 Å². The van der Waals surface area contributed by atoms with Crippen molar-refractivity contribution < 1.29 is 4.74 Å². The third kappa shape index (κ3) is 1.78. The van der Waals surface area contributed by atoms with Crippen molar-refractivity contribution in [3.8, 4) is 0 Å².